The maximum atomic E-state index is 13.8. The highest BCUT2D eigenvalue weighted by Crippen LogP contribution is 2.40. The van der Waals surface area contributed by atoms with Crippen LogP contribution in [0.5, 0.6) is 0 Å². The fourth-order valence-electron chi connectivity index (χ4n) is 5.00. The summed E-state index contributed by atoms with van der Waals surface area (Å²) in [6.07, 6.45) is -16.1. The van der Waals surface area contributed by atoms with Crippen molar-refractivity contribution in [2.75, 3.05) is 18.0 Å². The predicted molar refractivity (Wildman–Crippen MR) is 131 cm³/mol. The van der Waals surface area contributed by atoms with Crippen molar-refractivity contribution in [1.29, 1.82) is 0 Å². The van der Waals surface area contributed by atoms with Crippen LogP contribution < -0.4 is 4.90 Å². The average Bonchev–Trinajstić information content (AvgIpc) is 3.27. The van der Waals surface area contributed by atoms with Crippen LogP contribution in [0.2, 0.25) is 0 Å². The van der Waals surface area contributed by atoms with E-state index in [4.69, 9.17) is 0 Å². The highest BCUT2D eigenvalue weighted by Gasteiger charge is 2.39. The number of benzene rings is 2. The van der Waals surface area contributed by atoms with E-state index in [-0.39, 0.29) is 36.6 Å². The molecule has 1 fully saturated rings. The van der Waals surface area contributed by atoms with E-state index in [0.717, 1.165) is 21.8 Å². The van der Waals surface area contributed by atoms with Gasteiger partial charge in [0.25, 0.3) is 5.95 Å². The summed E-state index contributed by atoms with van der Waals surface area (Å²) in [5.74, 6) is -0.422. The van der Waals surface area contributed by atoms with E-state index in [1.54, 1.807) is 18.7 Å². The Kier molecular flexibility index (Phi) is 8.50. The molecule has 0 N–H and O–H groups in total. The summed E-state index contributed by atoms with van der Waals surface area (Å²) in [6.45, 7) is 2.67. The Morgan fingerprint density at radius 2 is 1.40 bits per heavy atom. The van der Waals surface area contributed by atoms with Gasteiger partial charge in [0.05, 0.1) is 23.7 Å². The number of aryl methyl sites for hydroxylation is 1. The topological polar surface area (TPSA) is 50.1 Å². The molecule has 42 heavy (non-hydrogen) atoms. The van der Waals surface area contributed by atoms with Crippen molar-refractivity contribution < 1.29 is 43.9 Å². The van der Waals surface area contributed by atoms with E-state index >= 15 is 0 Å². The van der Waals surface area contributed by atoms with Gasteiger partial charge in [-0.05, 0) is 58.2 Å². The fraction of sp³-hybridized carbons (Fsp3) is 0.500. The first-order valence-corrected chi connectivity index (χ1v) is 12.7. The Morgan fingerprint density at radius 1 is 0.833 bits per heavy atom. The summed E-state index contributed by atoms with van der Waals surface area (Å²) < 4.78 is 136. The number of rotatable bonds is 8. The molecule has 0 unspecified atom stereocenters. The summed E-state index contributed by atoms with van der Waals surface area (Å²) >= 11 is 0. The third-order valence-electron chi connectivity index (χ3n) is 6.84. The SMILES string of the molecule is CC(C)[C@@H](c1ccc(C(F)(F)F)cc1CN(Cc1cc(C(F)(F)F)cc(C(F)(F)F)c1)c1nnn(C)n1)N1CC(F)C1. The number of likely N-dealkylation sites (tertiary alicyclic amines) is 1. The molecule has 0 saturated carbocycles. The monoisotopic (exact) mass is 612 g/mol. The molecule has 1 aromatic heterocycles. The number of alkyl halides is 10. The molecule has 4 rings (SSSR count). The molecule has 230 valence electrons. The van der Waals surface area contributed by atoms with Crippen LogP contribution in [-0.4, -0.2) is 44.4 Å². The van der Waals surface area contributed by atoms with Crippen molar-refractivity contribution in [3.63, 3.8) is 0 Å². The number of hydrogen-bond donors (Lipinski definition) is 0. The van der Waals surface area contributed by atoms with Crippen molar-refractivity contribution in [2.24, 2.45) is 13.0 Å². The van der Waals surface area contributed by atoms with Crippen LogP contribution in [0.3, 0.4) is 0 Å². The molecule has 1 atom stereocenters. The smallest absolute Gasteiger partial charge is 0.330 e. The van der Waals surface area contributed by atoms with Gasteiger partial charge in [0.2, 0.25) is 0 Å². The second-order valence-electron chi connectivity index (χ2n) is 10.5. The van der Waals surface area contributed by atoms with Gasteiger partial charge in [-0.15, -0.1) is 5.10 Å². The molecule has 1 saturated heterocycles. The number of nitrogens with zero attached hydrogens (tertiary/aromatic N) is 6. The zero-order chi connectivity index (χ0) is 31.2. The van der Waals surface area contributed by atoms with Crippen LogP contribution in [-0.2, 0) is 38.7 Å². The standard InChI is InChI=1S/C26H26F10N6/c1-14(2)22(41-12-20(27)13-41)21-5-4-17(24(28,29)30)8-16(21)11-42(23-37-39-40(3)38-23)10-15-6-18(25(31,32)33)9-19(7-15)26(34,35)36/h4-9,14,20,22H,10-13H2,1-3H3/t22-/m0/s1. The average molecular weight is 613 g/mol. The molecule has 0 aliphatic carbocycles. The first kappa shape index (κ1) is 31.5. The number of anilines is 1. The summed E-state index contributed by atoms with van der Waals surface area (Å²) in [4.78, 5) is 3.89. The zero-order valence-electron chi connectivity index (χ0n) is 22.5. The van der Waals surface area contributed by atoms with Gasteiger partial charge in [0, 0.05) is 32.2 Å². The molecule has 6 nitrogen and oxygen atoms in total. The van der Waals surface area contributed by atoms with Gasteiger partial charge < -0.3 is 4.90 Å². The quantitative estimate of drug-likeness (QED) is 0.261. The molecular weight excluding hydrogens is 586 g/mol. The van der Waals surface area contributed by atoms with Gasteiger partial charge in [-0.2, -0.15) is 44.3 Å². The fourth-order valence-corrected chi connectivity index (χ4v) is 5.00. The highest BCUT2D eigenvalue weighted by molar-refractivity contribution is 5.42. The van der Waals surface area contributed by atoms with Crippen molar-refractivity contribution in [3.05, 3.63) is 69.8 Å². The Hall–Kier alpha value is -3.43. The van der Waals surface area contributed by atoms with Crippen molar-refractivity contribution in [1.82, 2.24) is 25.1 Å². The van der Waals surface area contributed by atoms with E-state index in [1.165, 1.54) is 13.1 Å². The van der Waals surface area contributed by atoms with Gasteiger partial charge in [-0.1, -0.05) is 25.0 Å². The van der Waals surface area contributed by atoms with Gasteiger partial charge in [0.15, 0.2) is 0 Å². The van der Waals surface area contributed by atoms with Gasteiger partial charge in [0.1, 0.15) is 6.17 Å². The minimum atomic E-state index is -5.10. The minimum Gasteiger partial charge on any atom is -0.330 e. The third-order valence-corrected chi connectivity index (χ3v) is 6.84. The van der Waals surface area contributed by atoms with Gasteiger partial charge >= 0.3 is 18.5 Å². The molecule has 0 spiro atoms. The molecular formula is C26H26F10N6. The number of aromatic nitrogens is 4. The molecule has 2 heterocycles. The zero-order valence-corrected chi connectivity index (χ0v) is 22.5. The third kappa shape index (κ3) is 7.13. The van der Waals surface area contributed by atoms with Gasteiger partial charge in [-0.25, -0.2) is 4.39 Å². The maximum Gasteiger partial charge on any atom is 0.416 e. The van der Waals surface area contributed by atoms with E-state index in [1.807, 2.05) is 0 Å². The summed E-state index contributed by atoms with van der Waals surface area (Å²) in [6, 6.07) is 3.55. The van der Waals surface area contributed by atoms with E-state index in [0.29, 0.717) is 17.7 Å². The molecule has 1 aliphatic rings. The summed E-state index contributed by atoms with van der Waals surface area (Å²) in [7, 11) is 1.36. The lowest BCUT2D eigenvalue weighted by molar-refractivity contribution is -0.143. The van der Waals surface area contributed by atoms with Crippen LogP contribution >= 0.6 is 0 Å². The lowest BCUT2D eigenvalue weighted by Gasteiger charge is -2.43. The van der Waals surface area contributed by atoms with E-state index in [2.05, 4.69) is 15.4 Å². The van der Waals surface area contributed by atoms with Crippen molar-refractivity contribution >= 4 is 5.95 Å². The Bertz CT molecular complexity index is 1360. The molecule has 16 heteroatoms. The first-order valence-electron chi connectivity index (χ1n) is 12.7. The largest absolute Gasteiger partial charge is 0.416 e. The molecule has 1 aliphatic heterocycles. The Labute approximate surface area is 233 Å². The molecule has 2 aromatic carbocycles. The normalized spacial score (nSPS) is 16.1. The summed E-state index contributed by atoms with van der Waals surface area (Å²) in [5, 5.41) is 11.5. The second kappa shape index (κ2) is 11.3. The van der Waals surface area contributed by atoms with E-state index < -0.39 is 66.1 Å². The van der Waals surface area contributed by atoms with Crippen LogP contribution in [0.1, 0.15) is 53.3 Å². The first-order chi connectivity index (χ1) is 19.3. The van der Waals surface area contributed by atoms with E-state index in [9.17, 15) is 43.9 Å². The lowest BCUT2D eigenvalue weighted by Crippen LogP contribution is -2.51. The summed E-state index contributed by atoms with van der Waals surface area (Å²) in [5.41, 5.74) is -4.06. The molecule has 0 radical (unpaired) electrons. The number of tetrazole rings is 1. The molecule has 3 aromatic rings. The maximum absolute atomic E-state index is 13.8. The number of hydrogen-bond acceptors (Lipinski definition) is 5. The second-order valence-corrected chi connectivity index (χ2v) is 10.5. The van der Waals surface area contributed by atoms with Crippen molar-refractivity contribution in [3.8, 4) is 0 Å². The lowest BCUT2D eigenvalue weighted by atomic mass is 9.87. The highest BCUT2D eigenvalue weighted by atomic mass is 19.4. The van der Waals surface area contributed by atoms with Crippen LogP contribution in [0, 0.1) is 5.92 Å². The van der Waals surface area contributed by atoms with Crippen LogP contribution in [0.4, 0.5) is 49.9 Å². The van der Waals surface area contributed by atoms with Crippen LogP contribution in [0.15, 0.2) is 36.4 Å². The Morgan fingerprint density at radius 3 is 1.86 bits per heavy atom. The van der Waals surface area contributed by atoms with Crippen molar-refractivity contribution in [2.45, 2.75) is 57.7 Å². The number of halogens is 10. The molecule has 0 amide bonds. The van der Waals surface area contributed by atoms with Crippen LogP contribution in [0.25, 0.3) is 0 Å². The predicted octanol–water partition coefficient (Wildman–Crippen LogP) is 6.82. The molecule has 0 bridgehead atoms. The minimum absolute atomic E-state index is 0.0161. The Balaban J connectivity index is 1.82. The van der Waals surface area contributed by atoms with Gasteiger partial charge in [-0.3, -0.25) is 4.90 Å².